The number of nitrogens with zero attached hydrogens (tertiary/aromatic N) is 1. The third-order valence-electron chi connectivity index (χ3n) is 4.94. The van der Waals surface area contributed by atoms with Crippen LogP contribution in [0.25, 0.3) is 11.6 Å². The fraction of sp³-hybridized carbons (Fsp3) is 0.273. The second-order valence-electron chi connectivity index (χ2n) is 6.81. The highest BCUT2D eigenvalue weighted by atomic mass is 32.1. The summed E-state index contributed by atoms with van der Waals surface area (Å²) in [7, 11) is 0. The standard InChI is InChI=1S/C22H20N2O7S/c1-3-28-21(26)16-15(13-8-6-10-31-13)17(22(27)29-4-2)20-24(18(16)23)19(25)14(32-20)11-12-7-5-9-30-12/h5-11,15-16,23H,3-4H2,1-2H3. The maximum atomic E-state index is 13.2. The van der Waals surface area contributed by atoms with Crippen LogP contribution >= 0.6 is 11.3 Å². The van der Waals surface area contributed by atoms with Crippen LogP contribution in [-0.2, 0) is 19.1 Å². The highest BCUT2D eigenvalue weighted by Gasteiger charge is 2.46. The zero-order chi connectivity index (χ0) is 22.8. The molecule has 0 bridgehead atoms. The molecular formula is C22H20N2O7S. The van der Waals surface area contributed by atoms with Gasteiger partial charge in [0.2, 0.25) is 0 Å². The topological polar surface area (TPSA) is 125 Å². The first-order valence-corrected chi connectivity index (χ1v) is 10.8. The van der Waals surface area contributed by atoms with Gasteiger partial charge in [0.05, 0.1) is 41.8 Å². The molecule has 32 heavy (non-hydrogen) atoms. The smallest absolute Gasteiger partial charge is 0.337 e. The fourth-order valence-electron chi connectivity index (χ4n) is 3.66. The lowest BCUT2D eigenvalue weighted by Gasteiger charge is -2.29. The summed E-state index contributed by atoms with van der Waals surface area (Å²) in [5.41, 5.74) is -0.475. The summed E-state index contributed by atoms with van der Waals surface area (Å²) in [6.07, 6.45) is 4.41. The summed E-state index contributed by atoms with van der Waals surface area (Å²) in [6, 6.07) is 6.59. The first kappa shape index (κ1) is 21.6. The normalized spacial score (nSPS) is 18.5. The van der Waals surface area contributed by atoms with Gasteiger partial charge in [-0.05, 0) is 38.1 Å². The molecular weight excluding hydrogens is 436 g/mol. The van der Waals surface area contributed by atoms with E-state index in [2.05, 4.69) is 0 Å². The van der Waals surface area contributed by atoms with Crippen LogP contribution < -0.4 is 14.8 Å². The minimum absolute atomic E-state index is 0.0667. The molecule has 0 aliphatic carbocycles. The number of rotatable bonds is 6. The average molecular weight is 456 g/mol. The fourth-order valence-corrected chi connectivity index (χ4v) is 4.81. The number of carbonyl (C=O) groups is 2. The Hall–Kier alpha value is -3.66. The van der Waals surface area contributed by atoms with E-state index in [1.807, 2.05) is 0 Å². The minimum atomic E-state index is -1.27. The van der Waals surface area contributed by atoms with Crippen LogP contribution in [0.3, 0.4) is 0 Å². The molecule has 0 radical (unpaired) electrons. The molecule has 1 aliphatic rings. The lowest BCUT2D eigenvalue weighted by Crippen LogP contribution is -2.50. The van der Waals surface area contributed by atoms with Crippen LogP contribution in [0.2, 0.25) is 0 Å². The number of thiazole rings is 1. The van der Waals surface area contributed by atoms with Gasteiger partial charge in [0, 0.05) is 6.08 Å². The van der Waals surface area contributed by atoms with Gasteiger partial charge in [0.1, 0.15) is 27.9 Å². The second-order valence-corrected chi connectivity index (χ2v) is 7.84. The van der Waals surface area contributed by atoms with E-state index >= 15 is 0 Å². The quantitative estimate of drug-likeness (QED) is 0.557. The van der Waals surface area contributed by atoms with Crippen LogP contribution in [0.5, 0.6) is 0 Å². The van der Waals surface area contributed by atoms with Crippen molar-refractivity contribution < 1.29 is 27.9 Å². The molecule has 2 atom stereocenters. The number of ether oxygens (including phenoxy) is 2. The largest absolute Gasteiger partial charge is 0.469 e. The van der Waals surface area contributed by atoms with E-state index < -0.39 is 29.3 Å². The van der Waals surface area contributed by atoms with Crippen molar-refractivity contribution in [3.63, 3.8) is 0 Å². The van der Waals surface area contributed by atoms with Gasteiger partial charge in [0.25, 0.3) is 5.56 Å². The Balaban J connectivity index is 2.07. The van der Waals surface area contributed by atoms with Gasteiger partial charge in [-0.3, -0.25) is 19.6 Å². The Bertz CT molecular complexity index is 1330. The zero-order valence-corrected chi connectivity index (χ0v) is 18.1. The summed E-state index contributed by atoms with van der Waals surface area (Å²) >= 11 is 1.02. The van der Waals surface area contributed by atoms with Crippen molar-refractivity contribution in [2.45, 2.75) is 19.8 Å². The zero-order valence-electron chi connectivity index (χ0n) is 17.3. The Morgan fingerprint density at radius 1 is 1.16 bits per heavy atom. The van der Waals surface area contributed by atoms with E-state index in [9.17, 15) is 14.4 Å². The van der Waals surface area contributed by atoms with E-state index in [0.717, 1.165) is 15.9 Å². The molecule has 4 heterocycles. The van der Waals surface area contributed by atoms with Crippen molar-refractivity contribution in [2.75, 3.05) is 13.2 Å². The Morgan fingerprint density at radius 3 is 2.50 bits per heavy atom. The molecule has 3 aromatic heterocycles. The molecule has 1 aliphatic heterocycles. The van der Waals surface area contributed by atoms with Crippen molar-refractivity contribution in [3.8, 4) is 0 Å². The molecule has 10 heteroatoms. The first-order valence-electron chi connectivity index (χ1n) is 9.95. The van der Waals surface area contributed by atoms with Crippen molar-refractivity contribution in [1.82, 2.24) is 4.57 Å². The predicted molar refractivity (Wildman–Crippen MR) is 115 cm³/mol. The maximum Gasteiger partial charge on any atom is 0.337 e. The third kappa shape index (κ3) is 3.62. The summed E-state index contributed by atoms with van der Waals surface area (Å²) in [5.74, 6) is -3.25. The highest BCUT2D eigenvalue weighted by molar-refractivity contribution is 7.07. The minimum Gasteiger partial charge on any atom is -0.469 e. The molecule has 166 valence electrons. The third-order valence-corrected chi connectivity index (χ3v) is 6.04. The number of esters is 2. The van der Waals surface area contributed by atoms with Crippen LogP contribution in [0.15, 0.2) is 50.4 Å². The van der Waals surface area contributed by atoms with Crippen LogP contribution in [0, 0.1) is 11.3 Å². The summed E-state index contributed by atoms with van der Waals surface area (Å²) in [4.78, 5) is 39.2. The molecule has 4 rings (SSSR count). The number of fused-ring (bicyclic) bond motifs is 1. The maximum absolute atomic E-state index is 13.2. The Labute approximate surface area is 185 Å². The van der Waals surface area contributed by atoms with Gasteiger partial charge in [-0.15, -0.1) is 11.3 Å². The number of carbonyl (C=O) groups excluding carboxylic acids is 2. The average Bonchev–Trinajstić information content (AvgIpc) is 3.51. The van der Waals surface area contributed by atoms with Crippen LogP contribution in [0.4, 0.5) is 0 Å². The highest BCUT2D eigenvalue weighted by Crippen LogP contribution is 2.37. The van der Waals surface area contributed by atoms with E-state index in [1.54, 1.807) is 38.1 Å². The first-order chi connectivity index (χ1) is 15.5. The van der Waals surface area contributed by atoms with Crippen LogP contribution in [-0.4, -0.2) is 35.6 Å². The summed E-state index contributed by atoms with van der Waals surface area (Å²) < 4.78 is 22.8. The molecule has 1 N–H and O–H groups in total. The predicted octanol–water partition coefficient (Wildman–Crippen LogP) is 1.44. The lowest BCUT2D eigenvalue weighted by molar-refractivity contribution is -0.146. The van der Waals surface area contributed by atoms with Gasteiger partial charge >= 0.3 is 11.9 Å². The lowest BCUT2D eigenvalue weighted by atomic mass is 9.81. The Morgan fingerprint density at radius 2 is 1.88 bits per heavy atom. The van der Waals surface area contributed by atoms with Gasteiger partial charge in [-0.2, -0.15) is 0 Å². The summed E-state index contributed by atoms with van der Waals surface area (Å²) in [6.45, 7) is 3.47. The molecule has 0 saturated carbocycles. The van der Waals surface area contributed by atoms with E-state index in [-0.39, 0.29) is 33.8 Å². The van der Waals surface area contributed by atoms with Crippen LogP contribution in [0.1, 0.15) is 31.3 Å². The van der Waals surface area contributed by atoms with E-state index in [4.69, 9.17) is 23.7 Å². The van der Waals surface area contributed by atoms with Gasteiger partial charge in [-0.1, -0.05) is 0 Å². The summed E-state index contributed by atoms with van der Waals surface area (Å²) in [5, 5.41) is 8.73. The number of aromatic nitrogens is 1. The van der Waals surface area contributed by atoms with Gasteiger partial charge < -0.3 is 18.3 Å². The SMILES string of the molecule is CCOC(=O)C1=c2sc(=Cc3ccco3)c(=O)n2C(=N)C(C(=O)OCC)C1c1ccco1. The molecule has 0 saturated heterocycles. The Kier molecular flexibility index (Phi) is 5.95. The monoisotopic (exact) mass is 456 g/mol. The van der Waals surface area contributed by atoms with Crippen molar-refractivity contribution in [1.29, 1.82) is 5.41 Å². The molecule has 0 amide bonds. The van der Waals surface area contributed by atoms with E-state index in [1.165, 1.54) is 18.6 Å². The van der Waals surface area contributed by atoms with E-state index in [0.29, 0.717) is 11.5 Å². The van der Waals surface area contributed by atoms with Crippen molar-refractivity contribution in [2.24, 2.45) is 5.92 Å². The molecule has 2 unspecified atom stereocenters. The molecule has 0 fully saturated rings. The van der Waals surface area contributed by atoms with Crippen molar-refractivity contribution >= 4 is 40.8 Å². The van der Waals surface area contributed by atoms with Gasteiger partial charge in [-0.25, -0.2) is 4.79 Å². The number of hydrogen-bond donors (Lipinski definition) is 1. The number of furan rings is 2. The van der Waals surface area contributed by atoms with Crippen molar-refractivity contribution in [3.05, 3.63) is 67.9 Å². The second kappa shape index (κ2) is 8.83. The van der Waals surface area contributed by atoms with Gasteiger partial charge in [0.15, 0.2) is 0 Å². The molecule has 0 aromatic carbocycles. The molecule has 3 aromatic rings. The molecule has 9 nitrogen and oxygen atoms in total. The molecule has 0 spiro atoms. The number of nitrogens with one attached hydrogen (secondary N) is 1. The number of hydrogen-bond acceptors (Lipinski definition) is 9.